The zero-order chi connectivity index (χ0) is 22.2. The van der Waals surface area contributed by atoms with Gasteiger partial charge >= 0.3 is 0 Å². The first-order valence-corrected chi connectivity index (χ1v) is 11.5. The fourth-order valence-electron chi connectivity index (χ4n) is 4.65. The van der Waals surface area contributed by atoms with Crippen LogP contribution in [0.2, 0.25) is 0 Å². The van der Waals surface area contributed by atoms with E-state index in [1.165, 1.54) is 27.8 Å². The molecule has 6 aromatic rings. The van der Waals surface area contributed by atoms with Gasteiger partial charge < -0.3 is 4.42 Å². The minimum absolute atomic E-state index is 0.929. The summed E-state index contributed by atoms with van der Waals surface area (Å²) < 4.78 is 6.28. The second-order valence-corrected chi connectivity index (χ2v) is 8.49. The zero-order valence-electron chi connectivity index (χ0n) is 18.6. The van der Waals surface area contributed by atoms with Gasteiger partial charge in [0.2, 0.25) is 0 Å². The Kier molecular flexibility index (Phi) is 4.81. The summed E-state index contributed by atoms with van der Waals surface area (Å²) in [6.07, 6.45) is 1.06. The molecule has 1 aromatic heterocycles. The van der Waals surface area contributed by atoms with E-state index in [1.807, 2.05) is 12.1 Å². The van der Waals surface area contributed by atoms with Crippen LogP contribution in [0, 0.1) is 0 Å². The van der Waals surface area contributed by atoms with Crippen molar-refractivity contribution in [3.63, 3.8) is 0 Å². The molecule has 1 nitrogen and oxygen atoms in total. The van der Waals surface area contributed by atoms with Crippen molar-refractivity contribution in [1.29, 1.82) is 0 Å². The van der Waals surface area contributed by atoms with Crippen molar-refractivity contribution in [1.82, 2.24) is 0 Å². The average Bonchev–Trinajstić information content (AvgIpc) is 3.28. The van der Waals surface area contributed by atoms with Gasteiger partial charge in [-0.25, -0.2) is 0 Å². The molecule has 0 atom stereocenters. The third-order valence-corrected chi connectivity index (χ3v) is 6.47. The number of para-hydroxylation sites is 2. The largest absolute Gasteiger partial charge is 0.455 e. The lowest BCUT2D eigenvalue weighted by molar-refractivity contribution is 0.670. The average molecular weight is 425 g/mol. The smallest absolute Gasteiger partial charge is 0.143 e. The lowest BCUT2D eigenvalue weighted by Gasteiger charge is -2.09. The molecule has 158 valence electrons. The van der Waals surface area contributed by atoms with Crippen molar-refractivity contribution >= 4 is 21.9 Å². The number of furan rings is 1. The minimum Gasteiger partial charge on any atom is -0.455 e. The number of fused-ring (bicyclic) bond motifs is 3. The highest BCUT2D eigenvalue weighted by atomic mass is 16.3. The SMILES string of the molecule is CCc1ccc(-c2cccc(-c3cccc(-c4cccc5c4oc4ccccc45)c3)c2)cc1. The van der Waals surface area contributed by atoms with Crippen LogP contribution >= 0.6 is 0 Å². The van der Waals surface area contributed by atoms with E-state index in [1.54, 1.807) is 0 Å². The Morgan fingerprint density at radius 1 is 0.515 bits per heavy atom. The van der Waals surface area contributed by atoms with Gasteiger partial charge in [0.15, 0.2) is 0 Å². The van der Waals surface area contributed by atoms with Crippen LogP contribution in [0.25, 0.3) is 55.3 Å². The molecule has 0 saturated carbocycles. The van der Waals surface area contributed by atoms with Crippen LogP contribution in [-0.4, -0.2) is 0 Å². The molecule has 0 saturated heterocycles. The summed E-state index contributed by atoms with van der Waals surface area (Å²) >= 11 is 0. The van der Waals surface area contributed by atoms with Crippen molar-refractivity contribution in [2.24, 2.45) is 0 Å². The highest BCUT2D eigenvalue weighted by Crippen LogP contribution is 2.37. The molecule has 1 heterocycles. The Morgan fingerprint density at radius 2 is 1.12 bits per heavy atom. The molecule has 0 aliphatic carbocycles. The molecule has 33 heavy (non-hydrogen) atoms. The van der Waals surface area contributed by atoms with Crippen LogP contribution in [0.15, 0.2) is 120 Å². The monoisotopic (exact) mass is 424 g/mol. The maximum Gasteiger partial charge on any atom is 0.143 e. The summed E-state index contributed by atoms with van der Waals surface area (Å²) in [5, 5.41) is 2.32. The van der Waals surface area contributed by atoms with E-state index in [9.17, 15) is 0 Å². The van der Waals surface area contributed by atoms with Crippen LogP contribution in [0.4, 0.5) is 0 Å². The molecule has 0 radical (unpaired) electrons. The number of rotatable bonds is 4. The van der Waals surface area contributed by atoms with E-state index < -0.39 is 0 Å². The summed E-state index contributed by atoms with van der Waals surface area (Å²) in [6, 6.07) is 41.1. The minimum atomic E-state index is 0.929. The van der Waals surface area contributed by atoms with Gasteiger partial charge in [0, 0.05) is 16.3 Å². The molecule has 0 bridgehead atoms. The first-order valence-electron chi connectivity index (χ1n) is 11.5. The summed E-state index contributed by atoms with van der Waals surface area (Å²) in [5.41, 5.74) is 10.4. The number of benzene rings is 5. The fraction of sp³-hybridized carbons (Fsp3) is 0.0625. The Morgan fingerprint density at radius 3 is 1.88 bits per heavy atom. The molecule has 5 aromatic carbocycles. The van der Waals surface area contributed by atoms with Crippen LogP contribution in [0.1, 0.15) is 12.5 Å². The Balaban J connectivity index is 1.43. The second kappa shape index (κ2) is 8.11. The number of hydrogen-bond donors (Lipinski definition) is 0. The highest BCUT2D eigenvalue weighted by molar-refractivity contribution is 6.09. The van der Waals surface area contributed by atoms with Gasteiger partial charge in [-0.1, -0.05) is 104 Å². The highest BCUT2D eigenvalue weighted by Gasteiger charge is 2.12. The van der Waals surface area contributed by atoms with Crippen molar-refractivity contribution < 1.29 is 4.42 Å². The van der Waals surface area contributed by atoms with Crippen molar-refractivity contribution in [3.8, 4) is 33.4 Å². The molecule has 0 N–H and O–H groups in total. The molecule has 0 unspecified atom stereocenters. The fourth-order valence-corrected chi connectivity index (χ4v) is 4.65. The maximum absolute atomic E-state index is 6.28. The van der Waals surface area contributed by atoms with Gasteiger partial charge in [-0.3, -0.25) is 0 Å². The zero-order valence-corrected chi connectivity index (χ0v) is 18.6. The number of hydrogen-bond acceptors (Lipinski definition) is 1. The van der Waals surface area contributed by atoms with Gasteiger partial charge in [0.05, 0.1) is 0 Å². The summed E-state index contributed by atoms with van der Waals surface area (Å²) in [4.78, 5) is 0. The van der Waals surface area contributed by atoms with E-state index in [4.69, 9.17) is 4.42 Å². The molecule has 0 fully saturated rings. The lowest BCUT2D eigenvalue weighted by Crippen LogP contribution is -1.85. The van der Waals surface area contributed by atoms with E-state index in [-0.39, 0.29) is 0 Å². The summed E-state index contributed by atoms with van der Waals surface area (Å²) in [6.45, 7) is 2.19. The van der Waals surface area contributed by atoms with Gasteiger partial charge in [-0.2, -0.15) is 0 Å². The van der Waals surface area contributed by atoms with E-state index in [0.29, 0.717) is 0 Å². The predicted molar refractivity (Wildman–Crippen MR) is 139 cm³/mol. The Bertz CT molecular complexity index is 1580. The molecule has 0 amide bonds. The molecule has 0 aliphatic rings. The standard InChI is InChI=1S/C32H24O/c1-2-22-16-18-23(19-17-22)24-8-5-9-25(20-24)26-10-6-11-27(21-26)28-13-7-14-30-29-12-3-4-15-31(29)33-32(28)30/h3-21H,2H2,1H3. The van der Waals surface area contributed by atoms with E-state index in [2.05, 4.69) is 110 Å². The maximum atomic E-state index is 6.28. The molecule has 0 spiro atoms. The third kappa shape index (κ3) is 3.52. The van der Waals surface area contributed by atoms with Crippen molar-refractivity contribution in [2.75, 3.05) is 0 Å². The molecule has 6 rings (SSSR count). The topological polar surface area (TPSA) is 13.1 Å². The summed E-state index contributed by atoms with van der Waals surface area (Å²) in [7, 11) is 0. The van der Waals surface area contributed by atoms with E-state index >= 15 is 0 Å². The predicted octanol–water partition coefficient (Wildman–Crippen LogP) is 9.15. The van der Waals surface area contributed by atoms with Gasteiger partial charge in [-0.05, 0) is 58.0 Å². The molecular formula is C32H24O. The first kappa shape index (κ1) is 19.6. The van der Waals surface area contributed by atoms with E-state index in [0.717, 1.165) is 39.5 Å². The molecular weight excluding hydrogens is 400 g/mol. The number of aryl methyl sites for hydroxylation is 1. The Hall–Kier alpha value is -4.10. The van der Waals surface area contributed by atoms with Gasteiger partial charge in [-0.15, -0.1) is 0 Å². The van der Waals surface area contributed by atoms with Gasteiger partial charge in [0.1, 0.15) is 11.2 Å². The van der Waals surface area contributed by atoms with Gasteiger partial charge in [0.25, 0.3) is 0 Å². The van der Waals surface area contributed by atoms with Crippen molar-refractivity contribution in [3.05, 3.63) is 121 Å². The second-order valence-electron chi connectivity index (χ2n) is 8.49. The molecule has 0 aliphatic heterocycles. The van der Waals surface area contributed by atoms with Crippen LogP contribution in [0.3, 0.4) is 0 Å². The first-order chi connectivity index (χ1) is 16.3. The van der Waals surface area contributed by atoms with Crippen LogP contribution in [-0.2, 0) is 6.42 Å². The van der Waals surface area contributed by atoms with Crippen LogP contribution < -0.4 is 0 Å². The molecule has 1 heteroatoms. The van der Waals surface area contributed by atoms with Crippen molar-refractivity contribution in [2.45, 2.75) is 13.3 Å². The lowest BCUT2D eigenvalue weighted by atomic mass is 9.95. The summed E-state index contributed by atoms with van der Waals surface area (Å²) in [5.74, 6) is 0. The quantitative estimate of drug-likeness (QED) is 0.275. The third-order valence-electron chi connectivity index (χ3n) is 6.47. The van der Waals surface area contributed by atoms with Crippen LogP contribution in [0.5, 0.6) is 0 Å². The Labute approximate surface area is 193 Å². The normalized spacial score (nSPS) is 11.3.